The molecule has 1 aromatic heterocycles. The molecule has 1 heterocycles. The van der Waals surface area contributed by atoms with Crippen LogP contribution in [0.3, 0.4) is 0 Å². The molecule has 3 rings (SSSR count). The van der Waals surface area contributed by atoms with Crippen LogP contribution in [-0.2, 0) is 21.1 Å². The minimum Gasteiger partial charge on any atom is -0.497 e. The van der Waals surface area contributed by atoms with Crippen LogP contribution in [0.1, 0.15) is 17.3 Å². The van der Waals surface area contributed by atoms with Gasteiger partial charge in [0.1, 0.15) is 5.75 Å². The van der Waals surface area contributed by atoms with Gasteiger partial charge in [0.05, 0.1) is 34.4 Å². The molecule has 0 bridgehead atoms. The van der Waals surface area contributed by atoms with Crippen LogP contribution in [0.15, 0.2) is 52.4 Å². The lowest BCUT2D eigenvalue weighted by atomic mass is 10.2. The van der Waals surface area contributed by atoms with Gasteiger partial charge < -0.3 is 14.0 Å². The topological polar surface area (TPSA) is 87.0 Å². The molecule has 0 atom stereocenters. The smallest absolute Gasteiger partial charge is 0.280 e. The van der Waals surface area contributed by atoms with Crippen molar-refractivity contribution < 1.29 is 22.7 Å². The first-order chi connectivity index (χ1) is 13.8. The lowest BCUT2D eigenvalue weighted by Gasteiger charge is -2.06. The summed E-state index contributed by atoms with van der Waals surface area (Å²) in [5.41, 5.74) is 0.958. The summed E-state index contributed by atoms with van der Waals surface area (Å²) in [7, 11) is -1.96. The van der Waals surface area contributed by atoms with Crippen molar-refractivity contribution in [2.75, 3.05) is 26.6 Å². The molecule has 29 heavy (non-hydrogen) atoms. The van der Waals surface area contributed by atoms with E-state index in [0.29, 0.717) is 30.3 Å². The molecule has 3 aromatic rings. The molecule has 1 amide bonds. The molecule has 9 heteroatoms. The minimum atomic E-state index is -3.55. The fourth-order valence-electron chi connectivity index (χ4n) is 2.90. The van der Waals surface area contributed by atoms with Gasteiger partial charge in [-0.3, -0.25) is 4.79 Å². The van der Waals surface area contributed by atoms with Gasteiger partial charge in [0, 0.05) is 19.4 Å². The second kappa shape index (κ2) is 8.89. The number of ether oxygens (including phenoxy) is 2. The van der Waals surface area contributed by atoms with E-state index in [1.807, 2.05) is 29.7 Å². The average molecular weight is 435 g/mol. The molecular formula is C20H22N2O5S2. The largest absolute Gasteiger partial charge is 0.497 e. The Bertz CT molecular complexity index is 1210. The molecule has 2 aromatic carbocycles. The number of benzene rings is 2. The van der Waals surface area contributed by atoms with Crippen molar-refractivity contribution in [1.29, 1.82) is 0 Å². The van der Waals surface area contributed by atoms with Gasteiger partial charge in [0.25, 0.3) is 5.91 Å². The molecule has 154 valence electrons. The highest BCUT2D eigenvalue weighted by atomic mass is 32.2. The van der Waals surface area contributed by atoms with Crippen LogP contribution in [-0.4, -0.2) is 45.5 Å². The summed E-state index contributed by atoms with van der Waals surface area (Å²) < 4.78 is 37.6. The molecule has 0 saturated carbocycles. The molecule has 0 N–H and O–H groups in total. The monoisotopic (exact) mass is 434 g/mol. The third-order valence-corrected chi connectivity index (χ3v) is 6.46. The predicted molar refractivity (Wildman–Crippen MR) is 112 cm³/mol. The molecular weight excluding hydrogens is 412 g/mol. The summed E-state index contributed by atoms with van der Waals surface area (Å²) in [6.45, 7) is 3.48. The molecule has 0 aliphatic heterocycles. The van der Waals surface area contributed by atoms with Crippen LogP contribution in [0, 0.1) is 0 Å². The van der Waals surface area contributed by atoms with Crippen molar-refractivity contribution >= 4 is 37.3 Å². The Morgan fingerprint density at radius 2 is 1.97 bits per heavy atom. The van der Waals surface area contributed by atoms with Gasteiger partial charge >= 0.3 is 0 Å². The lowest BCUT2D eigenvalue weighted by Crippen LogP contribution is -2.20. The number of nitrogens with zero attached hydrogens (tertiary/aromatic N) is 2. The van der Waals surface area contributed by atoms with Crippen LogP contribution < -0.4 is 9.54 Å². The minimum absolute atomic E-state index is 0.0302. The van der Waals surface area contributed by atoms with Crippen LogP contribution in [0.2, 0.25) is 0 Å². The number of fused-ring (bicyclic) bond motifs is 1. The van der Waals surface area contributed by atoms with Crippen molar-refractivity contribution in [3.8, 4) is 5.75 Å². The molecule has 0 aliphatic rings. The zero-order valence-corrected chi connectivity index (χ0v) is 18.0. The molecule has 0 unspecified atom stereocenters. The van der Waals surface area contributed by atoms with E-state index >= 15 is 0 Å². The van der Waals surface area contributed by atoms with Gasteiger partial charge in [-0.05, 0) is 37.3 Å². The number of thiazole rings is 1. The zero-order valence-electron chi connectivity index (χ0n) is 16.4. The van der Waals surface area contributed by atoms with Gasteiger partial charge in [0.2, 0.25) is 0 Å². The van der Waals surface area contributed by atoms with Crippen LogP contribution in [0.25, 0.3) is 10.2 Å². The second-order valence-corrected chi connectivity index (χ2v) is 9.25. The fraction of sp³-hybridized carbons (Fsp3) is 0.300. The Labute approximate surface area is 173 Å². The Morgan fingerprint density at radius 3 is 2.66 bits per heavy atom. The van der Waals surface area contributed by atoms with Crippen molar-refractivity contribution in [3.05, 3.63) is 52.8 Å². The maximum Gasteiger partial charge on any atom is 0.280 e. The first-order valence-corrected chi connectivity index (χ1v) is 11.7. The van der Waals surface area contributed by atoms with Crippen molar-refractivity contribution in [1.82, 2.24) is 4.57 Å². The Kier molecular flexibility index (Phi) is 6.51. The molecule has 0 fully saturated rings. The number of hydrogen-bond acceptors (Lipinski definition) is 6. The molecule has 7 nitrogen and oxygen atoms in total. The zero-order chi connectivity index (χ0) is 21.0. The van der Waals surface area contributed by atoms with Crippen LogP contribution in [0.4, 0.5) is 0 Å². The summed E-state index contributed by atoms with van der Waals surface area (Å²) in [6.07, 6.45) is 1.08. The van der Waals surface area contributed by atoms with Gasteiger partial charge in [-0.15, -0.1) is 0 Å². The summed E-state index contributed by atoms with van der Waals surface area (Å²) in [4.78, 5) is 17.6. The normalized spacial score (nSPS) is 12.4. The van der Waals surface area contributed by atoms with Gasteiger partial charge in [-0.1, -0.05) is 23.5 Å². The van der Waals surface area contributed by atoms with Crippen molar-refractivity contribution in [2.45, 2.75) is 18.4 Å². The summed E-state index contributed by atoms with van der Waals surface area (Å²) >= 11 is 1.34. The molecule has 0 spiro atoms. The van der Waals surface area contributed by atoms with E-state index in [4.69, 9.17) is 9.47 Å². The van der Waals surface area contributed by atoms with E-state index in [9.17, 15) is 13.2 Å². The van der Waals surface area contributed by atoms with Crippen molar-refractivity contribution in [3.63, 3.8) is 0 Å². The number of amides is 1. The Balaban J connectivity index is 2.14. The van der Waals surface area contributed by atoms with Gasteiger partial charge in [0.15, 0.2) is 14.6 Å². The average Bonchev–Trinajstić information content (AvgIpc) is 3.03. The van der Waals surface area contributed by atoms with E-state index in [1.54, 1.807) is 19.2 Å². The number of hydrogen-bond donors (Lipinski definition) is 0. The highest BCUT2D eigenvalue weighted by Gasteiger charge is 2.18. The van der Waals surface area contributed by atoms with E-state index < -0.39 is 15.7 Å². The van der Waals surface area contributed by atoms with E-state index in [0.717, 1.165) is 16.5 Å². The highest BCUT2D eigenvalue weighted by molar-refractivity contribution is 7.90. The number of carbonyl (C=O) groups is 1. The number of carbonyl (C=O) groups excluding carboxylic acids is 1. The molecule has 0 radical (unpaired) electrons. The van der Waals surface area contributed by atoms with Crippen LogP contribution >= 0.6 is 11.3 Å². The van der Waals surface area contributed by atoms with Gasteiger partial charge in [-0.2, -0.15) is 4.99 Å². The number of rotatable bonds is 7. The third kappa shape index (κ3) is 4.75. The quantitative estimate of drug-likeness (QED) is 0.534. The number of methoxy groups -OCH3 is 1. The number of sulfone groups is 1. The number of aromatic nitrogens is 1. The Morgan fingerprint density at radius 1 is 1.21 bits per heavy atom. The Hall–Kier alpha value is -2.49. The molecule has 0 saturated heterocycles. The maximum atomic E-state index is 12.9. The first kappa shape index (κ1) is 21.2. The predicted octanol–water partition coefficient (Wildman–Crippen LogP) is 2.89. The van der Waals surface area contributed by atoms with E-state index in [1.165, 1.54) is 23.5 Å². The van der Waals surface area contributed by atoms with E-state index in [2.05, 4.69) is 4.99 Å². The third-order valence-electron chi connectivity index (χ3n) is 4.27. The SMILES string of the molecule is CCOCCn1c(=NC(=O)c2ccccc2S(C)(=O)=O)sc2cc(OC)ccc21. The summed E-state index contributed by atoms with van der Waals surface area (Å²) in [5, 5.41) is 0. The lowest BCUT2D eigenvalue weighted by molar-refractivity contribution is 0.0993. The second-order valence-electron chi connectivity index (χ2n) is 6.25. The molecule has 0 aliphatic carbocycles. The summed E-state index contributed by atoms with van der Waals surface area (Å²) in [5.74, 6) is 0.103. The fourth-order valence-corrected chi connectivity index (χ4v) is 4.86. The standard InChI is InChI=1S/C20H22N2O5S2/c1-4-27-12-11-22-16-10-9-14(26-2)13-17(16)28-20(22)21-19(23)15-7-5-6-8-18(15)29(3,24)25/h5-10,13H,4,11-12H2,1-3H3. The van der Waals surface area contributed by atoms with Crippen LogP contribution in [0.5, 0.6) is 5.75 Å². The van der Waals surface area contributed by atoms with E-state index in [-0.39, 0.29) is 10.5 Å². The summed E-state index contributed by atoms with van der Waals surface area (Å²) in [6, 6.07) is 11.7. The maximum absolute atomic E-state index is 12.9. The van der Waals surface area contributed by atoms with Crippen molar-refractivity contribution in [2.24, 2.45) is 4.99 Å². The highest BCUT2D eigenvalue weighted by Crippen LogP contribution is 2.23. The first-order valence-electron chi connectivity index (χ1n) is 8.98. The van der Waals surface area contributed by atoms with Gasteiger partial charge in [-0.25, -0.2) is 8.42 Å².